The molecule has 1 aliphatic heterocycles. The number of benzene rings is 1. The molecule has 1 N–H and O–H groups in total. The monoisotopic (exact) mass is 268 g/mol. The molecule has 1 aliphatic rings. The van der Waals surface area contributed by atoms with E-state index in [0.29, 0.717) is 6.04 Å². The molecule has 1 aromatic carbocycles. The van der Waals surface area contributed by atoms with E-state index in [1.807, 2.05) is 12.1 Å². The highest BCUT2D eigenvalue weighted by atomic mass is 16.5. The lowest BCUT2D eigenvalue weighted by Crippen LogP contribution is -2.14. The van der Waals surface area contributed by atoms with Crippen LogP contribution in [-0.2, 0) is 6.42 Å². The summed E-state index contributed by atoms with van der Waals surface area (Å²) in [7, 11) is 1.70. The van der Waals surface area contributed by atoms with Crippen LogP contribution in [0.25, 0.3) is 0 Å². The van der Waals surface area contributed by atoms with Crippen LogP contribution in [0.2, 0.25) is 0 Å². The average Bonchev–Trinajstić information content (AvgIpc) is 3.02. The summed E-state index contributed by atoms with van der Waals surface area (Å²) in [5, 5.41) is 3.50. The third-order valence-corrected chi connectivity index (χ3v) is 3.77. The van der Waals surface area contributed by atoms with Crippen molar-refractivity contribution in [1.29, 1.82) is 0 Å². The summed E-state index contributed by atoms with van der Waals surface area (Å²) in [5.74, 6) is 0.899. The Bertz CT molecular complexity index is 577. The summed E-state index contributed by atoms with van der Waals surface area (Å²) < 4.78 is 5.27. The van der Waals surface area contributed by atoms with E-state index in [9.17, 15) is 0 Å². The van der Waals surface area contributed by atoms with Gasteiger partial charge < -0.3 is 10.1 Å². The van der Waals surface area contributed by atoms with E-state index in [1.54, 1.807) is 7.11 Å². The molecule has 0 spiro atoms. The van der Waals surface area contributed by atoms with Crippen LogP contribution in [-0.4, -0.2) is 18.6 Å². The molecule has 20 heavy (non-hydrogen) atoms. The average molecular weight is 268 g/mol. The van der Waals surface area contributed by atoms with Gasteiger partial charge in [0.2, 0.25) is 0 Å². The molecule has 3 rings (SSSR count). The summed E-state index contributed by atoms with van der Waals surface area (Å²) in [5.41, 5.74) is 3.51. The topological polar surface area (TPSA) is 34.1 Å². The molecule has 2 aromatic rings. The van der Waals surface area contributed by atoms with Crippen LogP contribution in [0.4, 0.5) is 0 Å². The molecule has 1 aromatic heterocycles. The number of nitrogens with zero attached hydrogens (tertiary/aromatic N) is 1. The zero-order valence-corrected chi connectivity index (χ0v) is 11.8. The van der Waals surface area contributed by atoms with Gasteiger partial charge in [-0.25, -0.2) is 0 Å². The minimum Gasteiger partial charge on any atom is -0.497 e. The first-order valence-electron chi connectivity index (χ1n) is 7.17. The first-order chi connectivity index (χ1) is 9.85. The fourth-order valence-electron chi connectivity index (χ4n) is 2.72. The number of aromatic nitrogens is 1. The molecular formula is C17H20N2O. The number of rotatable bonds is 4. The fourth-order valence-corrected chi connectivity index (χ4v) is 2.72. The smallest absolute Gasteiger partial charge is 0.119 e. The van der Waals surface area contributed by atoms with Crippen LogP contribution >= 0.6 is 0 Å². The standard InChI is InChI=1S/C17H20N2O/c1-20-15-7-2-5-13(12-15)11-14-6-3-8-17(19-14)16-9-4-10-18-16/h2-3,5-8,12,16,18H,4,9-11H2,1H3. The zero-order valence-electron chi connectivity index (χ0n) is 11.8. The minimum atomic E-state index is 0.431. The fraction of sp³-hybridized carbons (Fsp3) is 0.353. The molecule has 1 fully saturated rings. The van der Waals surface area contributed by atoms with Gasteiger partial charge in [0.1, 0.15) is 5.75 Å². The molecule has 3 heteroatoms. The van der Waals surface area contributed by atoms with Crippen LogP contribution < -0.4 is 10.1 Å². The van der Waals surface area contributed by atoms with E-state index in [0.717, 1.165) is 24.4 Å². The van der Waals surface area contributed by atoms with Gasteiger partial charge in [0, 0.05) is 18.2 Å². The van der Waals surface area contributed by atoms with E-state index >= 15 is 0 Å². The first kappa shape index (κ1) is 13.1. The molecule has 104 valence electrons. The molecule has 3 nitrogen and oxygen atoms in total. The lowest BCUT2D eigenvalue weighted by atomic mass is 10.1. The van der Waals surface area contributed by atoms with E-state index in [1.165, 1.54) is 24.1 Å². The molecule has 1 saturated heterocycles. The molecule has 0 radical (unpaired) electrons. The third kappa shape index (κ3) is 2.99. The Morgan fingerprint density at radius 2 is 2.15 bits per heavy atom. The van der Waals surface area contributed by atoms with Crippen LogP contribution in [0.3, 0.4) is 0 Å². The van der Waals surface area contributed by atoms with Gasteiger partial charge in [-0.05, 0) is 49.2 Å². The van der Waals surface area contributed by atoms with Gasteiger partial charge in [0.05, 0.1) is 12.8 Å². The molecule has 0 bridgehead atoms. The predicted octanol–water partition coefficient (Wildman–Crippen LogP) is 3.11. The van der Waals surface area contributed by atoms with E-state index in [2.05, 4.69) is 35.6 Å². The largest absolute Gasteiger partial charge is 0.497 e. The normalized spacial score (nSPS) is 18.1. The summed E-state index contributed by atoms with van der Waals surface area (Å²) in [6.45, 7) is 1.10. The van der Waals surface area contributed by atoms with E-state index in [4.69, 9.17) is 9.72 Å². The van der Waals surface area contributed by atoms with Gasteiger partial charge >= 0.3 is 0 Å². The molecular weight excluding hydrogens is 248 g/mol. The van der Waals surface area contributed by atoms with Crippen molar-refractivity contribution < 1.29 is 4.74 Å². The summed E-state index contributed by atoms with van der Waals surface area (Å²) in [6.07, 6.45) is 3.28. The van der Waals surface area contributed by atoms with Gasteiger partial charge in [-0.2, -0.15) is 0 Å². The lowest BCUT2D eigenvalue weighted by Gasteiger charge is -2.11. The highest BCUT2D eigenvalue weighted by Gasteiger charge is 2.17. The SMILES string of the molecule is COc1cccc(Cc2cccc(C3CCCN3)n2)c1. The Morgan fingerprint density at radius 3 is 2.95 bits per heavy atom. The zero-order chi connectivity index (χ0) is 13.8. The Balaban J connectivity index is 1.78. The molecule has 0 aliphatic carbocycles. The van der Waals surface area contributed by atoms with Crippen molar-refractivity contribution >= 4 is 0 Å². The number of pyridine rings is 1. The van der Waals surface area contributed by atoms with E-state index in [-0.39, 0.29) is 0 Å². The third-order valence-electron chi connectivity index (χ3n) is 3.77. The van der Waals surface area contributed by atoms with Crippen molar-refractivity contribution in [2.75, 3.05) is 13.7 Å². The number of hydrogen-bond donors (Lipinski definition) is 1. The van der Waals surface area contributed by atoms with Crippen molar-refractivity contribution in [2.24, 2.45) is 0 Å². The van der Waals surface area contributed by atoms with Crippen molar-refractivity contribution in [3.8, 4) is 5.75 Å². The molecule has 1 unspecified atom stereocenters. The predicted molar refractivity (Wildman–Crippen MR) is 80.0 cm³/mol. The van der Waals surface area contributed by atoms with Gasteiger partial charge in [0.25, 0.3) is 0 Å². The second-order valence-electron chi connectivity index (χ2n) is 5.23. The number of nitrogens with one attached hydrogen (secondary N) is 1. The molecule has 0 amide bonds. The lowest BCUT2D eigenvalue weighted by molar-refractivity contribution is 0.414. The summed E-state index contributed by atoms with van der Waals surface area (Å²) in [6, 6.07) is 14.9. The van der Waals surface area contributed by atoms with Crippen molar-refractivity contribution in [3.63, 3.8) is 0 Å². The first-order valence-corrected chi connectivity index (χ1v) is 7.17. The van der Waals surface area contributed by atoms with Gasteiger partial charge in [-0.15, -0.1) is 0 Å². The van der Waals surface area contributed by atoms with Crippen LogP contribution in [0, 0.1) is 0 Å². The van der Waals surface area contributed by atoms with Crippen LogP contribution in [0.15, 0.2) is 42.5 Å². The van der Waals surface area contributed by atoms with Gasteiger partial charge in [0.15, 0.2) is 0 Å². The molecule has 2 heterocycles. The summed E-state index contributed by atoms with van der Waals surface area (Å²) in [4.78, 5) is 4.80. The second kappa shape index (κ2) is 6.06. The molecule has 1 atom stereocenters. The van der Waals surface area contributed by atoms with Gasteiger partial charge in [-0.1, -0.05) is 18.2 Å². The highest BCUT2D eigenvalue weighted by molar-refractivity contribution is 5.31. The van der Waals surface area contributed by atoms with Crippen molar-refractivity contribution in [2.45, 2.75) is 25.3 Å². The Kier molecular flexibility index (Phi) is 3.97. The maximum Gasteiger partial charge on any atom is 0.119 e. The van der Waals surface area contributed by atoms with Gasteiger partial charge in [-0.3, -0.25) is 4.98 Å². The maximum absolute atomic E-state index is 5.27. The Labute approximate surface area is 120 Å². The molecule has 0 saturated carbocycles. The Hall–Kier alpha value is -1.87. The number of methoxy groups -OCH3 is 1. The van der Waals surface area contributed by atoms with Crippen LogP contribution in [0.1, 0.15) is 35.8 Å². The highest BCUT2D eigenvalue weighted by Crippen LogP contribution is 2.22. The minimum absolute atomic E-state index is 0.431. The number of hydrogen-bond acceptors (Lipinski definition) is 3. The maximum atomic E-state index is 5.27. The summed E-state index contributed by atoms with van der Waals surface area (Å²) >= 11 is 0. The van der Waals surface area contributed by atoms with Crippen LogP contribution in [0.5, 0.6) is 5.75 Å². The number of ether oxygens (including phenoxy) is 1. The van der Waals surface area contributed by atoms with E-state index < -0.39 is 0 Å². The second-order valence-corrected chi connectivity index (χ2v) is 5.23. The quantitative estimate of drug-likeness (QED) is 0.925. The van der Waals surface area contributed by atoms with Crippen molar-refractivity contribution in [3.05, 3.63) is 59.4 Å². The Morgan fingerprint density at radius 1 is 1.25 bits per heavy atom. The van der Waals surface area contributed by atoms with Crippen molar-refractivity contribution in [1.82, 2.24) is 10.3 Å².